The van der Waals surface area contributed by atoms with Crippen LogP contribution in [0.5, 0.6) is 0 Å². The third-order valence-electron chi connectivity index (χ3n) is 7.93. The van der Waals surface area contributed by atoms with E-state index in [1.165, 1.54) is 0 Å². The van der Waals surface area contributed by atoms with Gasteiger partial charge in [0.1, 0.15) is 0 Å². The molecule has 0 radical (unpaired) electrons. The highest BCUT2D eigenvalue weighted by Gasteiger charge is 2.34. The Balaban J connectivity index is 1.14. The van der Waals surface area contributed by atoms with Crippen LogP contribution in [-0.4, -0.2) is 69.8 Å². The van der Waals surface area contributed by atoms with E-state index in [1.54, 1.807) is 4.52 Å². The van der Waals surface area contributed by atoms with Gasteiger partial charge in [0.2, 0.25) is 5.95 Å². The van der Waals surface area contributed by atoms with Gasteiger partial charge in [-0.1, -0.05) is 23.7 Å². The van der Waals surface area contributed by atoms with Crippen molar-refractivity contribution in [1.29, 1.82) is 0 Å². The quantitative estimate of drug-likeness (QED) is 0.336. The summed E-state index contributed by atoms with van der Waals surface area (Å²) < 4.78 is 1.76. The third kappa shape index (κ3) is 5.17. The van der Waals surface area contributed by atoms with Gasteiger partial charge in [-0.2, -0.15) is 4.98 Å². The second kappa shape index (κ2) is 10.5. The lowest BCUT2D eigenvalue weighted by Gasteiger charge is -2.39. The van der Waals surface area contributed by atoms with Crippen LogP contribution in [0.15, 0.2) is 66.9 Å². The van der Waals surface area contributed by atoms with Gasteiger partial charge in [0.15, 0.2) is 5.65 Å². The first-order valence-electron chi connectivity index (χ1n) is 13.3. The first kappa shape index (κ1) is 25.6. The van der Waals surface area contributed by atoms with Gasteiger partial charge in [-0.05, 0) is 80.4 Å². The summed E-state index contributed by atoms with van der Waals surface area (Å²) in [7, 11) is 1.93. The third-order valence-corrected chi connectivity index (χ3v) is 8.18. The molecule has 0 spiro atoms. The Bertz CT molecular complexity index is 1460. The number of aromatic nitrogens is 3. The molecule has 6 rings (SSSR count). The summed E-state index contributed by atoms with van der Waals surface area (Å²) in [5.74, 6) is 0.534. The van der Waals surface area contributed by atoms with Crippen LogP contribution in [0.4, 0.5) is 17.3 Å². The largest absolute Gasteiger partial charge is 0.385 e. The molecule has 1 unspecified atom stereocenters. The monoisotopic (exact) mass is 545 g/mol. The van der Waals surface area contributed by atoms with Crippen LogP contribution in [0.1, 0.15) is 35.2 Å². The predicted octanol–water partition coefficient (Wildman–Crippen LogP) is 4.05. The predicted molar refractivity (Wildman–Crippen MR) is 153 cm³/mol. The van der Waals surface area contributed by atoms with Crippen LogP contribution in [0.3, 0.4) is 0 Å². The average Bonchev–Trinajstić information content (AvgIpc) is 3.61. The Morgan fingerprint density at radius 1 is 1.05 bits per heavy atom. The molecule has 0 aliphatic carbocycles. The van der Waals surface area contributed by atoms with Crippen LogP contribution in [0, 0.1) is 0 Å². The maximum Gasteiger partial charge on any atom is 0.253 e. The highest BCUT2D eigenvalue weighted by atomic mass is 35.5. The number of aliphatic hydroxyl groups is 1. The smallest absolute Gasteiger partial charge is 0.253 e. The number of benzene rings is 2. The number of carbonyl (C=O) groups is 1. The highest BCUT2D eigenvalue weighted by Crippen LogP contribution is 2.36. The lowest BCUT2D eigenvalue weighted by molar-refractivity contribution is 0.0118. The number of nitrogens with one attached hydrogen (secondary N) is 2. The Hall–Kier alpha value is -3.66. The first-order chi connectivity index (χ1) is 18.9. The molecule has 202 valence electrons. The highest BCUT2D eigenvalue weighted by molar-refractivity contribution is 6.30. The lowest BCUT2D eigenvalue weighted by Crippen LogP contribution is -2.42. The number of likely N-dealkylation sites (N-methyl/N-ethyl adjacent to an activating group) is 1. The lowest BCUT2D eigenvalue weighted by atomic mass is 9.84. The summed E-state index contributed by atoms with van der Waals surface area (Å²) in [4.78, 5) is 21.7. The maximum absolute atomic E-state index is 12.8. The minimum atomic E-state index is -0.872. The van der Waals surface area contributed by atoms with E-state index in [0.717, 1.165) is 42.1 Å². The van der Waals surface area contributed by atoms with Crippen molar-refractivity contribution in [3.63, 3.8) is 0 Å². The fourth-order valence-corrected chi connectivity index (χ4v) is 5.67. The van der Waals surface area contributed by atoms with Crippen molar-refractivity contribution in [1.82, 2.24) is 24.8 Å². The van der Waals surface area contributed by atoms with Crippen LogP contribution >= 0.6 is 11.6 Å². The zero-order chi connectivity index (χ0) is 27.0. The van der Waals surface area contributed by atoms with E-state index < -0.39 is 5.60 Å². The summed E-state index contributed by atoms with van der Waals surface area (Å²) in [5.41, 5.74) is 3.23. The number of piperidine rings is 1. The zero-order valence-electron chi connectivity index (χ0n) is 21.8. The van der Waals surface area contributed by atoms with E-state index >= 15 is 0 Å². The van der Waals surface area contributed by atoms with Gasteiger partial charge in [-0.3, -0.25) is 4.79 Å². The van der Waals surface area contributed by atoms with Crippen molar-refractivity contribution < 1.29 is 9.90 Å². The van der Waals surface area contributed by atoms with Crippen molar-refractivity contribution in [2.24, 2.45) is 0 Å². The van der Waals surface area contributed by atoms with Crippen molar-refractivity contribution in [2.45, 2.75) is 30.9 Å². The Labute approximate surface area is 232 Å². The number of nitrogens with zero attached hydrogens (tertiary/aromatic N) is 5. The summed E-state index contributed by atoms with van der Waals surface area (Å²) in [6, 6.07) is 19.3. The fraction of sp³-hybridized carbons (Fsp3) is 0.345. The van der Waals surface area contributed by atoms with Gasteiger partial charge in [-0.25, -0.2) is 4.52 Å². The molecule has 9 nitrogen and oxygen atoms in total. The molecule has 2 aromatic carbocycles. The second-order valence-corrected chi connectivity index (χ2v) is 10.8. The standard InChI is InChI=1S/C29H32ClN7O2/c1-31-24-12-16-36(19-24)27(38)20-4-10-23(11-5-20)32-28-33-26-25(3-2-15-37(26)34-28)35-17-13-29(39,14-18-35)21-6-8-22(30)9-7-21/h2-11,15,24,31,39H,12-14,16-19H2,1H3,(H,32,34). The Morgan fingerprint density at radius 3 is 2.49 bits per heavy atom. The minimum absolute atomic E-state index is 0.0549. The van der Waals surface area contributed by atoms with E-state index in [1.807, 2.05) is 78.8 Å². The van der Waals surface area contributed by atoms with Crippen LogP contribution in [-0.2, 0) is 5.60 Å². The van der Waals surface area contributed by atoms with E-state index in [9.17, 15) is 9.90 Å². The first-order valence-corrected chi connectivity index (χ1v) is 13.7. The number of rotatable bonds is 6. The molecular weight excluding hydrogens is 514 g/mol. The van der Waals surface area contributed by atoms with Crippen molar-refractivity contribution in [3.8, 4) is 0 Å². The van der Waals surface area contributed by atoms with E-state index in [-0.39, 0.29) is 5.91 Å². The number of anilines is 3. The molecule has 1 atom stereocenters. The molecule has 1 amide bonds. The van der Waals surface area contributed by atoms with Gasteiger partial charge in [-0.15, -0.1) is 5.10 Å². The van der Waals surface area contributed by atoms with E-state index in [0.29, 0.717) is 48.5 Å². The van der Waals surface area contributed by atoms with Gasteiger partial charge >= 0.3 is 0 Å². The SMILES string of the molecule is CNC1CCN(C(=O)c2ccc(Nc3nc4c(N5CCC(O)(c6ccc(Cl)cc6)CC5)cccn4n3)cc2)C1. The maximum atomic E-state index is 12.8. The Morgan fingerprint density at radius 2 is 1.79 bits per heavy atom. The number of carbonyl (C=O) groups excluding carboxylic acids is 1. The molecule has 10 heteroatoms. The average molecular weight is 546 g/mol. The molecule has 3 N–H and O–H groups in total. The van der Waals surface area contributed by atoms with Crippen LogP contribution < -0.4 is 15.5 Å². The number of amides is 1. The molecule has 0 bridgehead atoms. The molecule has 2 aliphatic rings. The Kier molecular flexibility index (Phi) is 6.88. The van der Waals surface area contributed by atoms with Crippen molar-refractivity contribution in [2.75, 3.05) is 43.4 Å². The summed E-state index contributed by atoms with van der Waals surface area (Å²) in [6.07, 6.45) is 4.06. The molecule has 2 saturated heterocycles. The molecule has 39 heavy (non-hydrogen) atoms. The van der Waals surface area contributed by atoms with E-state index in [4.69, 9.17) is 16.6 Å². The molecule has 0 saturated carbocycles. The summed E-state index contributed by atoms with van der Waals surface area (Å²) in [6.45, 7) is 2.89. The van der Waals surface area contributed by atoms with Gasteiger partial charge in [0, 0.05) is 54.7 Å². The molecule has 2 aliphatic heterocycles. The number of pyridine rings is 1. The van der Waals surface area contributed by atoms with Gasteiger partial charge in [0.25, 0.3) is 5.91 Å². The second-order valence-electron chi connectivity index (χ2n) is 10.4. The van der Waals surface area contributed by atoms with Crippen molar-refractivity contribution in [3.05, 3.63) is 83.0 Å². The molecule has 4 heterocycles. The zero-order valence-corrected chi connectivity index (χ0v) is 22.6. The van der Waals surface area contributed by atoms with Crippen LogP contribution in [0.25, 0.3) is 5.65 Å². The van der Waals surface area contributed by atoms with Gasteiger partial charge in [0.05, 0.1) is 11.3 Å². The number of hydrogen-bond acceptors (Lipinski definition) is 7. The van der Waals surface area contributed by atoms with Crippen LogP contribution in [0.2, 0.25) is 5.02 Å². The molecule has 2 aromatic heterocycles. The number of fused-ring (bicyclic) bond motifs is 1. The summed E-state index contributed by atoms with van der Waals surface area (Å²) >= 11 is 6.03. The molecule has 4 aromatic rings. The number of halogens is 1. The molecule has 2 fully saturated rings. The number of likely N-dealkylation sites (tertiary alicyclic amines) is 1. The topological polar surface area (TPSA) is 98.0 Å². The minimum Gasteiger partial charge on any atom is -0.385 e. The van der Waals surface area contributed by atoms with Crippen molar-refractivity contribution >= 4 is 40.5 Å². The normalized spacial score (nSPS) is 19.0. The molecular formula is C29H32ClN7O2. The summed E-state index contributed by atoms with van der Waals surface area (Å²) in [5, 5.41) is 23.1. The fourth-order valence-electron chi connectivity index (χ4n) is 5.55. The number of hydrogen-bond donors (Lipinski definition) is 3. The van der Waals surface area contributed by atoms with E-state index in [2.05, 4.69) is 20.6 Å². The van der Waals surface area contributed by atoms with Gasteiger partial charge < -0.3 is 25.5 Å².